The van der Waals surface area contributed by atoms with E-state index in [0.717, 1.165) is 75.3 Å². The number of amides is 1. The Morgan fingerprint density at radius 2 is 1.84 bits per heavy atom. The molecule has 4 rings (SSSR count). The van der Waals surface area contributed by atoms with E-state index in [2.05, 4.69) is 15.9 Å². The summed E-state index contributed by atoms with van der Waals surface area (Å²) < 4.78 is 0. The summed E-state index contributed by atoms with van der Waals surface area (Å²) >= 11 is 6.39. The van der Waals surface area contributed by atoms with Gasteiger partial charge in [0.1, 0.15) is 0 Å². The van der Waals surface area contributed by atoms with Crippen molar-refractivity contribution in [1.82, 2.24) is 4.90 Å². The minimum absolute atomic E-state index is 0.173. The van der Waals surface area contributed by atoms with Gasteiger partial charge in [-0.05, 0) is 57.1 Å². The predicted octanol–water partition coefficient (Wildman–Crippen LogP) is 3.46. The fourth-order valence-corrected chi connectivity index (χ4v) is 5.25. The molecule has 1 spiro atoms. The van der Waals surface area contributed by atoms with Gasteiger partial charge in [0.15, 0.2) is 0 Å². The summed E-state index contributed by atoms with van der Waals surface area (Å²) in [6.07, 6.45) is 6.33. The molecule has 0 radical (unpaired) electrons. The molecule has 136 valence electrons. The molecular weight excluding hydrogens is 336 g/mol. The number of nitrogens with zero attached hydrogens (tertiary/aromatic N) is 2. The van der Waals surface area contributed by atoms with Gasteiger partial charge >= 0.3 is 0 Å². The van der Waals surface area contributed by atoms with Crippen molar-refractivity contribution in [3.63, 3.8) is 0 Å². The topological polar surface area (TPSA) is 43.8 Å². The Labute approximate surface area is 154 Å². The normalized spacial score (nSPS) is 33.3. The van der Waals surface area contributed by atoms with Crippen LogP contribution >= 0.6 is 11.6 Å². The van der Waals surface area contributed by atoms with Crippen molar-refractivity contribution >= 4 is 23.2 Å². The molecule has 1 N–H and O–H groups in total. The maximum Gasteiger partial charge on any atom is 0.230 e. The summed E-state index contributed by atoms with van der Waals surface area (Å²) in [6, 6.07) is 8.27. The summed E-state index contributed by atoms with van der Waals surface area (Å²) in [7, 11) is 0. The molecule has 3 fully saturated rings. The lowest BCUT2D eigenvalue weighted by atomic mass is 9.78. The van der Waals surface area contributed by atoms with E-state index < -0.39 is 0 Å². The van der Waals surface area contributed by atoms with Gasteiger partial charge in [0.2, 0.25) is 5.91 Å². The first-order chi connectivity index (χ1) is 12.1. The number of carbonyl (C=O) groups excluding carboxylic acids is 1. The third-order valence-corrected chi connectivity index (χ3v) is 6.74. The van der Waals surface area contributed by atoms with Crippen LogP contribution < -0.4 is 4.90 Å². The van der Waals surface area contributed by atoms with E-state index in [-0.39, 0.29) is 11.5 Å². The number of piperidine rings is 1. The van der Waals surface area contributed by atoms with E-state index in [0.29, 0.717) is 11.9 Å². The Morgan fingerprint density at radius 1 is 1.08 bits per heavy atom. The first-order valence-electron chi connectivity index (χ1n) is 9.58. The fourth-order valence-electron chi connectivity index (χ4n) is 4.99. The number of benzene rings is 1. The van der Waals surface area contributed by atoms with E-state index in [1.54, 1.807) is 0 Å². The van der Waals surface area contributed by atoms with Crippen LogP contribution in [0.25, 0.3) is 0 Å². The highest BCUT2D eigenvalue weighted by atomic mass is 35.5. The number of hydrogen-bond acceptors (Lipinski definition) is 3. The van der Waals surface area contributed by atoms with Crippen molar-refractivity contribution in [2.24, 2.45) is 5.41 Å². The minimum Gasteiger partial charge on any atom is -0.393 e. The second kappa shape index (κ2) is 6.81. The lowest BCUT2D eigenvalue weighted by molar-refractivity contribution is -0.139. The maximum absolute atomic E-state index is 13.3. The van der Waals surface area contributed by atoms with E-state index in [4.69, 9.17) is 11.6 Å². The van der Waals surface area contributed by atoms with Crippen LogP contribution in [0.1, 0.15) is 44.9 Å². The summed E-state index contributed by atoms with van der Waals surface area (Å²) in [5.41, 5.74) is 0.809. The zero-order chi connectivity index (χ0) is 17.4. The number of rotatable bonds is 2. The highest BCUT2D eigenvalue weighted by molar-refractivity contribution is 6.33. The molecule has 4 nitrogen and oxygen atoms in total. The molecule has 2 saturated heterocycles. The molecule has 1 amide bonds. The molecule has 1 aliphatic carbocycles. The van der Waals surface area contributed by atoms with Crippen LogP contribution in [-0.4, -0.2) is 47.7 Å². The fraction of sp³-hybridized carbons (Fsp3) is 0.650. The molecule has 3 aliphatic rings. The number of likely N-dealkylation sites (tertiary alicyclic amines) is 1. The number of para-hydroxylation sites is 1. The van der Waals surface area contributed by atoms with Gasteiger partial charge < -0.3 is 14.9 Å². The summed E-state index contributed by atoms with van der Waals surface area (Å²) in [4.78, 5) is 17.8. The predicted molar refractivity (Wildman–Crippen MR) is 99.9 cm³/mol. The van der Waals surface area contributed by atoms with Crippen molar-refractivity contribution in [1.29, 1.82) is 0 Å². The molecule has 5 heteroatoms. The summed E-state index contributed by atoms with van der Waals surface area (Å²) in [5.74, 6) is 0.339. The molecule has 1 aromatic carbocycles. The van der Waals surface area contributed by atoms with Gasteiger partial charge in [-0.1, -0.05) is 23.7 Å². The van der Waals surface area contributed by atoms with Gasteiger partial charge in [0.25, 0.3) is 0 Å². The van der Waals surface area contributed by atoms with Crippen molar-refractivity contribution in [2.75, 3.05) is 24.5 Å². The third kappa shape index (κ3) is 3.15. The lowest BCUT2D eigenvalue weighted by Crippen LogP contribution is -2.50. The highest BCUT2D eigenvalue weighted by Crippen LogP contribution is 2.44. The Balaban J connectivity index is 1.50. The Morgan fingerprint density at radius 3 is 2.60 bits per heavy atom. The second-order valence-electron chi connectivity index (χ2n) is 7.97. The molecule has 0 aromatic heterocycles. The largest absolute Gasteiger partial charge is 0.393 e. The maximum atomic E-state index is 13.3. The van der Waals surface area contributed by atoms with Gasteiger partial charge in [-0.25, -0.2) is 0 Å². The molecule has 1 saturated carbocycles. The summed E-state index contributed by atoms with van der Waals surface area (Å²) in [5, 5.41) is 10.5. The average molecular weight is 363 g/mol. The van der Waals surface area contributed by atoms with Gasteiger partial charge in [0, 0.05) is 25.7 Å². The van der Waals surface area contributed by atoms with Crippen molar-refractivity contribution < 1.29 is 9.90 Å². The first-order valence-corrected chi connectivity index (χ1v) is 9.95. The lowest BCUT2D eigenvalue weighted by Gasteiger charge is -2.41. The monoisotopic (exact) mass is 362 g/mol. The van der Waals surface area contributed by atoms with Crippen LogP contribution in [-0.2, 0) is 4.79 Å². The highest BCUT2D eigenvalue weighted by Gasteiger charge is 2.50. The Kier molecular flexibility index (Phi) is 4.67. The molecule has 1 unspecified atom stereocenters. The van der Waals surface area contributed by atoms with Crippen LogP contribution in [0.3, 0.4) is 0 Å². The minimum atomic E-state index is -0.243. The zero-order valence-electron chi connectivity index (χ0n) is 14.7. The molecule has 2 heterocycles. The quantitative estimate of drug-likeness (QED) is 0.876. The van der Waals surface area contributed by atoms with Gasteiger partial charge in [-0.2, -0.15) is 0 Å². The van der Waals surface area contributed by atoms with Gasteiger partial charge in [-0.3, -0.25) is 4.79 Å². The zero-order valence-corrected chi connectivity index (χ0v) is 15.4. The third-order valence-electron chi connectivity index (χ3n) is 6.42. The second-order valence-corrected chi connectivity index (χ2v) is 8.37. The van der Waals surface area contributed by atoms with Crippen LogP contribution in [0.5, 0.6) is 0 Å². The van der Waals surface area contributed by atoms with Gasteiger partial charge in [-0.15, -0.1) is 0 Å². The number of hydrogen-bond donors (Lipinski definition) is 1. The number of carbonyl (C=O) groups is 1. The molecule has 2 aliphatic heterocycles. The van der Waals surface area contributed by atoms with E-state index in [1.807, 2.05) is 18.2 Å². The van der Waals surface area contributed by atoms with Crippen molar-refractivity contribution in [3.8, 4) is 0 Å². The Hall–Kier alpha value is -1.26. The summed E-state index contributed by atoms with van der Waals surface area (Å²) in [6.45, 7) is 2.62. The van der Waals surface area contributed by atoms with Crippen molar-refractivity contribution in [3.05, 3.63) is 29.3 Å². The number of anilines is 1. The SMILES string of the molecule is O=C1N([C@H]2CC[C@H](O)CC2)CCC12CCCN(c1ccccc1Cl)C2. The van der Waals surface area contributed by atoms with Crippen LogP contribution in [0.2, 0.25) is 5.02 Å². The molecule has 1 aromatic rings. The van der Waals surface area contributed by atoms with Gasteiger partial charge in [0.05, 0.1) is 22.2 Å². The van der Waals surface area contributed by atoms with E-state index in [1.165, 1.54) is 0 Å². The average Bonchev–Trinajstić information content (AvgIpc) is 2.92. The van der Waals surface area contributed by atoms with E-state index in [9.17, 15) is 9.90 Å². The van der Waals surface area contributed by atoms with Crippen LogP contribution in [0.15, 0.2) is 24.3 Å². The van der Waals surface area contributed by atoms with Crippen LogP contribution in [0, 0.1) is 5.41 Å². The van der Waals surface area contributed by atoms with Crippen molar-refractivity contribution in [2.45, 2.75) is 57.1 Å². The van der Waals surface area contributed by atoms with E-state index >= 15 is 0 Å². The Bertz CT molecular complexity index is 644. The number of halogens is 1. The smallest absolute Gasteiger partial charge is 0.230 e. The number of aliphatic hydroxyl groups is 1. The number of aliphatic hydroxyl groups excluding tert-OH is 1. The first kappa shape index (κ1) is 17.2. The molecule has 25 heavy (non-hydrogen) atoms. The molecule has 0 bridgehead atoms. The van der Waals surface area contributed by atoms with Crippen LogP contribution in [0.4, 0.5) is 5.69 Å². The molecular formula is C20H27ClN2O2. The standard InChI is InChI=1S/C20H27ClN2O2/c21-17-4-1-2-5-18(17)22-12-3-10-20(14-22)11-13-23(19(20)25)15-6-8-16(24)9-7-15/h1-2,4-5,15-16,24H,3,6-14H2/t15-,16-,20?. The molecule has 1 atom stereocenters.